The van der Waals surface area contributed by atoms with Crippen molar-refractivity contribution in [2.24, 2.45) is 0 Å². The Morgan fingerprint density at radius 3 is 2.55 bits per heavy atom. The second-order valence-electron chi connectivity index (χ2n) is 6.78. The van der Waals surface area contributed by atoms with E-state index >= 15 is 0 Å². The fraction of sp³-hybridized carbons (Fsp3) is 0.250. The average Bonchev–Trinajstić information content (AvgIpc) is 2.67. The molecule has 0 bridgehead atoms. The second kappa shape index (κ2) is 8.46. The molecule has 0 fully saturated rings. The monoisotopic (exact) mass is 477 g/mol. The number of nitrogens with one attached hydrogen (secondary N) is 1. The maximum atomic E-state index is 12.6. The Bertz CT molecular complexity index is 1220. The minimum atomic E-state index is -3.26. The van der Waals surface area contributed by atoms with Crippen molar-refractivity contribution in [1.82, 2.24) is 14.9 Å². The number of rotatable bonds is 6. The Labute approximate surface area is 176 Å². The van der Waals surface area contributed by atoms with E-state index in [0.717, 1.165) is 16.3 Å². The first-order valence-electron chi connectivity index (χ1n) is 8.89. The molecule has 1 aromatic heterocycles. The standard InChI is InChI=1S/C20H20BrN3O4S/c1-13(14-3-6-16(7-4-14)29(2,27)28)23-19(25)9-10-24-12-22-18-8-5-15(21)11-17(18)20(24)26/h3-8,11-13H,9-10H2,1-2H3,(H,23,25). The highest BCUT2D eigenvalue weighted by Gasteiger charge is 2.13. The third-order valence-corrected chi connectivity index (χ3v) is 6.17. The summed E-state index contributed by atoms with van der Waals surface area (Å²) in [6.07, 6.45) is 2.71. The summed E-state index contributed by atoms with van der Waals surface area (Å²) in [5, 5.41) is 3.35. The van der Waals surface area contributed by atoms with Gasteiger partial charge in [0, 0.05) is 23.7 Å². The number of benzene rings is 2. The molecule has 0 aliphatic rings. The number of aryl methyl sites for hydroxylation is 1. The van der Waals surface area contributed by atoms with Crippen LogP contribution in [0.2, 0.25) is 0 Å². The first-order valence-corrected chi connectivity index (χ1v) is 11.6. The number of carbonyl (C=O) groups excluding carboxylic acids is 1. The van der Waals surface area contributed by atoms with Crippen LogP contribution in [0.25, 0.3) is 10.9 Å². The molecule has 0 aliphatic heterocycles. The molecule has 1 atom stereocenters. The fourth-order valence-electron chi connectivity index (χ4n) is 2.91. The molecule has 0 aliphatic carbocycles. The number of amides is 1. The van der Waals surface area contributed by atoms with E-state index in [0.29, 0.717) is 10.9 Å². The van der Waals surface area contributed by atoms with E-state index in [1.54, 1.807) is 24.3 Å². The van der Waals surface area contributed by atoms with Crippen LogP contribution in [0.1, 0.15) is 24.9 Å². The second-order valence-corrected chi connectivity index (χ2v) is 9.72. The van der Waals surface area contributed by atoms with Gasteiger partial charge in [0.1, 0.15) is 0 Å². The molecule has 0 saturated heterocycles. The van der Waals surface area contributed by atoms with Crippen LogP contribution in [-0.4, -0.2) is 30.1 Å². The van der Waals surface area contributed by atoms with Gasteiger partial charge in [-0.2, -0.15) is 0 Å². The van der Waals surface area contributed by atoms with E-state index < -0.39 is 9.84 Å². The molecule has 152 valence electrons. The SMILES string of the molecule is CC(NC(=O)CCn1cnc2ccc(Br)cc2c1=O)c1ccc(S(C)(=O)=O)cc1. The van der Waals surface area contributed by atoms with Gasteiger partial charge in [-0.25, -0.2) is 13.4 Å². The largest absolute Gasteiger partial charge is 0.350 e. The van der Waals surface area contributed by atoms with E-state index in [4.69, 9.17) is 0 Å². The quantitative estimate of drug-likeness (QED) is 0.588. The van der Waals surface area contributed by atoms with Crippen LogP contribution in [0.4, 0.5) is 0 Å². The Hall–Kier alpha value is -2.52. The highest BCUT2D eigenvalue weighted by atomic mass is 79.9. The predicted octanol–water partition coefficient (Wildman–Crippen LogP) is 2.83. The van der Waals surface area contributed by atoms with Crippen LogP contribution in [0, 0.1) is 0 Å². The molecule has 0 saturated carbocycles. The maximum absolute atomic E-state index is 12.6. The zero-order valence-corrected chi connectivity index (χ0v) is 18.3. The lowest BCUT2D eigenvalue weighted by atomic mass is 10.1. The summed E-state index contributed by atoms with van der Waals surface area (Å²) >= 11 is 3.34. The van der Waals surface area contributed by atoms with E-state index in [2.05, 4.69) is 26.2 Å². The van der Waals surface area contributed by atoms with Crippen LogP contribution in [-0.2, 0) is 21.2 Å². The molecule has 2 aromatic carbocycles. The molecule has 29 heavy (non-hydrogen) atoms. The number of carbonyl (C=O) groups is 1. The lowest BCUT2D eigenvalue weighted by Gasteiger charge is -2.15. The summed E-state index contributed by atoms with van der Waals surface area (Å²) in [5.41, 5.74) is 1.19. The molecule has 7 nitrogen and oxygen atoms in total. The maximum Gasteiger partial charge on any atom is 0.261 e. The normalized spacial score (nSPS) is 12.7. The highest BCUT2D eigenvalue weighted by Crippen LogP contribution is 2.17. The zero-order chi connectivity index (χ0) is 21.2. The smallest absolute Gasteiger partial charge is 0.261 e. The van der Waals surface area contributed by atoms with Gasteiger partial charge < -0.3 is 5.32 Å². The van der Waals surface area contributed by atoms with Crippen molar-refractivity contribution in [2.75, 3.05) is 6.26 Å². The van der Waals surface area contributed by atoms with E-state index in [9.17, 15) is 18.0 Å². The zero-order valence-electron chi connectivity index (χ0n) is 15.9. The number of nitrogens with zero attached hydrogens (tertiary/aromatic N) is 2. The molecule has 3 rings (SSSR count). The van der Waals surface area contributed by atoms with Crippen LogP contribution in [0.3, 0.4) is 0 Å². The topological polar surface area (TPSA) is 98.1 Å². The van der Waals surface area contributed by atoms with Gasteiger partial charge >= 0.3 is 0 Å². The molecular weight excluding hydrogens is 458 g/mol. The molecule has 1 heterocycles. The van der Waals surface area contributed by atoms with Crippen molar-refractivity contribution in [3.63, 3.8) is 0 Å². The van der Waals surface area contributed by atoms with Gasteiger partial charge in [-0.1, -0.05) is 28.1 Å². The van der Waals surface area contributed by atoms with Crippen molar-refractivity contribution >= 4 is 42.6 Å². The third kappa shape index (κ3) is 5.10. The third-order valence-electron chi connectivity index (χ3n) is 4.55. The van der Waals surface area contributed by atoms with Gasteiger partial charge in [-0.15, -0.1) is 0 Å². The highest BCUT2D eigenvalue weighted by molar-refractivity contribution is 9.10. The van der Waals surface area contributed by atoms with E-state index in [1.807, 2.05) is 13.0 Å². The number of fused-ring (bicyclic) bond motifs is 1. The van der Waals surface area contributed by atoms with Gasteiger partial charge in [-0.05, 0) is 42.8 Å². The average molecular weight is 478 g/mol. The minimum Gasteiger partial charge on any atom is -0.350 e. The summed E-state index contributed by atoms with van der Waals surface area (Å²) in [7, 11) is -3.26. The fourth-order valence-corrected chi connectivity index (χ4v) is 3.90. The molecule has 9 heteroatoms. The van der Waals surface area contributed by atoms with Crippen molar-refractivity contribution in [3.05, 3.63) is 69.2 Å². The summed E-state index contributed by atoms with van der Waals surface area (Å²) in [6, 6.07) is 11.4. The van der Waals surface area contributed by atoms with Gasteiger partial charge in [0.25, 0.3) is 5.56 Å². The van der Waals surface area contributed by atoms with Crippen LogP contribution < -0.4 is 10.9 Å². The molecule has 0 spiro atoms. The lowest BCUT2D eigenvalue weighted by molar-refractivity contribution is -0.121. The Balaban J connectivity index is 1.64. The molecule has 0 radical (unpaired) electrons. The summed E-state index contributed by atoms with van der Waals surface area (Å²) in [4.78, 5) is 29.4. The molecular formula is C20H20BrN3O4S. The summed E-state index contributed by atoms with van der Waals surface area (Å²) in [5.74, 6) is -0.217. The number of aromatic nitrogens is 2. The van der Waals surface area contributed by atoms with Gasteiger partial charge in [0.15, 0.2) is 9.84 Å². The first-order chi connectivity index (χ1) is 13.6. The van der Waals surface area contributed by atoms with Crippen LogP contribution >= 0.6 is 15.9 Å². The van der Waals surface area contributed by atoms with Gasteiger partial charge in [0.2, 0.25) is 5.91 Å². The Morgan fingerprint density at radius 2 is 1.90 bits per heavy atom. The van der Waals surface area contributed by atoms with E-state index in [-0.39, 0.29) is 35.4 Å². The molecule has 3 aromatic rings. The molecule has 1 unspecified atom stereocenters. The predicted molar refractivity (Wildman–Crippen MR) is 114 cm³/mol. The van der Waals surface area contributed by atoms with E-state index in [1.165, 1.54) is 23.0 Å². The number of hydrogen-bond donors (Lipinski definition) is 1. The number of halogens is 1. The van der Waals surface area contributed by atoms with Crippen LogP contribution in [0.5, 0.6) is 0 Å². The van der Waals surface area contributed by atoms with Gasteiger partial charge in [-0.3, -0.25) is 14.2 Å². The number of hydrogen-bond acceptors (Lipinski definition) is 5. The van der Waals surface area contributed by atoms with Crippen LogP contribution in [0.15, 0.2) is 63.0 Å². The van der Waals surface area contributed by atoms with Crippen molar-refractivity contribution in [1.29, 1.82) is 0 Å². The summed E-state index contributed by atoms with van der Waals surface area (Å²) in [6.45, 7) is 2.02. The van der Waals surface area contributed by atoms with Crippen molar-refractivity contribution < 1.29 is 13.2 Å². The number of sulfone groups is 1. The molecule has 1 N–H and O–H groups in total. The summed E-state index contributed by atoms with van der Waals surface area (Å²) < 4.78 is 25.3. The lowest BCUT2D eigenvalue weighted by Crippen LogP contribution is -2.29. The molecule has 1 amide bonds. The Kier molecular flexibility index (Phi) is 6.18. The van der Waals surface area contributed by atoms with Gasteiger partial charge in [0.05, 0.1) is 28.2 Å². The first kappa shape index (κ1) is 21.2. The van der Waals surface area contributed by atoms with Crippen molar-refractivity contribution in [3.8, 4) is 0 Å². The minimum absolute atomic E-state index is 0.118. The Morgan fingerprint density at radius 1 is 1.21 bits per heavy atom. The van der Waals surface area contributed by atoms with Crippen molar-refractivity contribution in [2.45, 2.75) is 30.8 Å².